The molecule has 0 fully saturated rings. The van der Waals surface area contributed by atoms with Crippen LogP contribution in [-0.4, -0.2) is 16.7 Å². The van der Waals surface area contributed by atoms with Gasteiger partial charge in [0, 0.05) is 22.6 Å². The number of carbonyl (C=O) groups excluding carboxylic acids is 1. The number of carbonyl (C=O) groups is 1. The summed E-state index contributed by atoms with van der Waals surface area (Å²) < 4.78 is 2.08. The van der Waals surface area contributed by atoms with Crippen LogP contribution in [-0.2, 0) is 0 Å². The van der Waals surface area contributed by atoms with Gasteiger partial charge in [-0.3, -0.25) is 4.79 Å². The van der Waals surface area contributed by atoms with Gasteiger partial charge in [0.2, 0.25) is 0 Å². The summed E-state index contributed by atoms with van der Waals surface area (Å²) in [5.74, 6) is -0.205. The number of para-hydroxylation sites is 1. The lowest BCUT2D eigenvalue weighted by Gasteiger charge is -2.09. The Morgan fingerprint density at radius 3 is 2.22 bits per heavy atom. The third-order valence-corrected chi connectivity index (χ3v) is 4.79. The van der Waals surface area contributed by atoms with Gasteiger partial charge in [0.25, 0.3) is 5.91 Å². The van der Waals surface area contributed by atoms with E-state index in [-0.39, 0.29) is 5.91 Å². The minimum absolute atomic E-state index is 0.205. The molecule has 0 aliphatic carbocycles. The quantitative estimate of drug-likeness (QED) is 0.529. The van der Waals surface area contributed by atoms with Gasteiger partial charge in [0.05, 0.1) is 11.8 Å². The van der Waals surface area contributed by atoms with E-state index in [1.807, 2.05) is 50.2 Å². The molecular weight excluding hydrogens is 334 g/mol. The lowest BCUT2D eigenvalue weighted by molar-refractivity contribution is 0.0954. The van der Waals surface area contributed by atoms with Crippen LogP contribution in [0.3, 0.4) is 0 Å². The minimum atomic E-state index is -0.205. The van der Waals surface area contributed by atoms with Crippen molar-refractivity contribution in [1.82, 2.24) is 9.99 Å². The Kier molecular flexibility index (Phi) is 5.26. The number of hydrogen-bond donors (Lipinski definition) is 1. The molecule has 2 aromatic carbocycles. The molecule has 0 saturated heterocycles. The molecule has 0 atom stereocenters. The molecule has 1 aromatic heterocycles. The smallest absolute Gasteiger partial charge is 0.273 e. The van der Waals surface area contributed by atoms with Gasteiger partial charge in [0.15, 0.2) is 0 Å². The third-order valence-electron chi connectivity index (χ3n) is 4.79. The highest BCUT2D eigenvalue weighted by Crippen LogP contribution is 2.20. The van der Waals surface area contributed by atoms with Crippen molar-refractivity contribution in [2.75, 3.05) is 0 Å². The number of hydrazone groups is 1. The summed E-state index contributed by atoms with van der Waals surface area (Å²) in [7, 11) is 0. The molecule has 0 spiro atoms. The molecule has 1 heterocycles. The fraction of sp³-hybridized carbons (Fsp3) is 0.217. The van der Waals surface area contributed by atoms with Crippen LogP contribution in [0.1, 0.15) is 44.0 Å². The maximum atomic E-state index is 12.6. The lowest BCUT2D eigenvalue weighted by Crippen LogP contribution is -2.18. The van der Waals surface area contributed by atoms with Crippen LogP contribution in [0, 0.1) is 34.6 Å². The first-order chi connectivity index (χ1) is 12.9. The second kappa shape index (κ2) is 7.62. The molecule has 0 radical (unpaired) electrons. The molecule has 0 aliphatic heterocycles. The van der Waals surface area contributed by atoms with Crippen molar-refractivity contribution in [3.8, 4) is 5.69 Å². The van der Waals surface area contributed by atoms with E-state index in [9.17, 15) is 4.79 Å². The van der Waals surface area contributed by atoms with Crippen LogP contribution < -0.4 is 5.43 Å². The standard InChI is InChI=1S/C23H25N3O/c1-15-11-16(2)22(17(3)12-15)14-24-25-23(27)21-13-18(4)26(19(21)5)20-9-7-6-8-10-20/h6-14H,1-5H3,(H,25,27)/b24-14-. The third kappa shape index (κ3) is 3.85. The molecule has 1 amide bonds. The van der Waals surface area contributed by atoms with Crippen molar-refractivity contribution < 1.29 is 4.79 Å². The van der Waals surface area contributed by atoms with Gasteiger partial charge in [-0.2, -0.15) is 5.10 Å². The maximum absolute atomic E-state index is 12.6. The van der Waals surface area contributed by atoms with Crippen LogP contribution in [0.2, 0.25) is 0 Å². The Morgan fingerprint density at radius 2 is 1.59 bits per heavy atom. The summed E-state index contributed by atoms with van der Waals surface area (Å²) in [5, 5.41) is 4.19. The second-order valence-corrected chi connectivity index (χ2v) is 6.97. The van der Waals surface area contributed by atoms with Gasteiger partial charge in [0.1, 0.15) is 0 Å². The summed E-state index contributed by atoms with van der Waals surface area (Å²) in [6.45, 7) is 10.1. The van der Waals surface area contributed by atoms with Crippen LogP contribution in [0.15, 0.2) is 53.6 Å². The van der Waals surface area contributed by atoms with E-state index < -0.39 is 0 Å². The van der Waals surface area contributed by atoms with Gasteiger partial charge in [-0.25, -0.2) is 5.43 Å². The van der Waals surface area contributed by atoms with E-state index in [0.717, 1.165) is 33.8 Å². The molecule has 4 nitrogen and oxygen atoms in total. The van der Waals surface area contributed by atoms with E-state index in [1.54, 1.807) is 6.21 Å². The van der Waals surface area contributed by atoms with Gasteiger partial charge < -0.3 is 4.57 Å². The van der Waals surface area contributed by atoms with E-state index in [0.29, 0.717) is 5.56 Å². The molecule has 0 aliphatic rings. The monoisotopic (exact) mass is 359 g/mol. The Hall–Kier alpha value is -3.14. The Labute approximate surface area is 160 Å². The molecule has 1 N–H and O–H groups in total. The lowest BCUT2D eigenvalue weighted by atomic mass is 10.0. The van der Waals surface area contributed by atoms with E-state index in [1.165, 1.54) is 5.56 Å². The molecule has 3 aromatic rings. The van der Waals surface area contributed by atoms with Gasteiger partial charge in [-0.05, 0) is 63.9 Å². The van der Waals surface area contributed by atoms with E-state index in [2.05, 4.69) is 48.0 Å². The first-order valence-corrected chi connectivity index (χ1v) is 9.04. The second-order valence-electron chi connectivity index (χ2n) is 6.97. The molecular formula is C23H25N3O. The summed E-state index contributed by atoms with van der Waals surface area (Å²) in [5.41, 5.74) is 10.8. The Bertz CT molecular complexity index is 991. The molecule has 4 heteroatoms. The highest BCUT2D eigenvalue weighted by atomic mass is 16.2. The summed E-state index contributed by atoms with van der Waals surface area (Å²) in [4.78, 5) is 12.6. The van der Waals surface area contributed by atoms with Gasteiger partial charge >= 0.3 is 0 Å². The van der Waals surface area contributed by atoms with Crippen LogP contribution in [0.5, 0.6) is 0 Å². The summed E-state index contributed by atoms with van der Waals surface area (Å²) in [6.07, 6.45) is 1.72. The van der Waals surface area contributed by atoms with E-state index >= 15 is 0 Å². The number of aryl methyl sites for hydroxylation is 4. The molecule has 3 rings (SSSR count). The highest BCUT2D eigenvalue weighted by molar-refractivity contribution is 5.96. The first kappa shape index (κ1) is 18.6. The predicted molar refractivity (Wildman–Crippen MR) is 111 cm³/mol. The number of amides is 1. The van der Waals surface area contributed by atoms with Crippen molar-refractivity contribution in [1.29, 1.82) is 0 Å². The molecule has 0 saturated carbocycles. The largest absolute Gasteiger partial charge is 0.318 e. The van der Waals surface area contributed by atoms with Gasteiger partial charge in [-0.15, -0.1) is 0 Å². The molecule has 27 heavy (non-hydrogen) atoms. The van der Waals surface area contributed by atoms with Crippen LogP contribution >= 0.6 is 0 Å². The normalized spacial score (nSPS) is 11.1. The zero-order chi connectivity index (χ0) is 19.6. The fourth-order valence-electron chi connectivity index (χ4n) is 3.58. The van der Waals surface area contributed by atoms with Crippen molar-refractivity contribution >= 4 is 12.1 Å². The predicted octanol–water partition coefficient (Wildman–Crippen LogP) is 4.78. The SMILES string of the molecule is Cc1cc(C)c(/C=N\NC(=O)c2cc(C)n(-c3ccccc3)c2C)c(C)c1. The van der Waals surface area contributed by atoms with Crippen LogP contribution in [0.4, 0.5) is 0 Å². The topological polar surface area (TPSA) is 46.4 Å². The zero-order valence-electron chi connectivity index (χ0n) is 16.5. The van der Waals surface area contributed by atoms with Crippen molar-refractivity contribution in [2.24, 2.45) is 5.10 Å². The maximum Gasteiger partial charge on any atom is 0.273 e. The van der Waals surface area contributed by atoms with Crippen molar-refractivity contribution in [3.63, 3.8) is 0 Å². The number of hydrogen-bond acceptors (Lipinski definition) is 2. The number of nitrogens with zero attached hydrogens (tertiary/aromatic N) is 2. The number of aromatic nitrogens is 1. The molecule has 0 unspecified atom stereocenters. The molecule has 0 bridgehead atoms. The summed E-state index contributed by atoms with van der Waals surface area (Å²) in [6, 6.07) is 16.2. The highest BCUT2D eigenvalue weighted by Gasteiger charge is 2.16. The average Bonchev–Trinajstić information content (AvgIpc) is 2.92. The zero-order valence-corrected chi connectivity index (χ0v) is 16.5. The van der Waals surface area contributed by atoms with Crippen molar-refractivity contribution in [2.45, 2.75) is 34.6 Å². The Morgan fingerprint density at radius 1 is 0.963 bits per heavy atom. The van der Waals surface area contributed by atoms with Crippen LogP contribution in [0.25, 0.3) is 5.69 Å². The van der Waals surface area contributed by atoms with Crippen molar-refractivity contribution in [3.05, 3.63) is 87.7 Å². The number of benzene rings is 2. The number of rotatable bonds is 4. The average molecular weight is 359 g/mol. The first-order valence-electron chi connectivity index (χ1n) is 9.04. The van der Waals surface area contributed by atoms with Gasteiger partial charge in [-0.1, -0.05) is 35.9 Å². The fourth-order valence-corrected chi connectivity index (χ4v) is 3.58. The minimum Gasteiger partial charge on any atom is -0.318 e. The number of nitrogens with one attached hydrogen (secondary N) is 1. The van der Waals surface area contributed by atoms with E-state index in [4.69, 9.17) is 0 Å². The Balaban J connectivity index is 1.82. The molecule has 138 valence electrons. The summed E-state index contributed by atoms with van der Waals surface area (Å²) >= 11 is 0.